The van der Waals surface area contributed by atoms with Crippen molar-refractivity contribution in [2.75, 3.05) is 6.61 Å². The number of hydrogen-bond acceptors (Lipinski definition) is 3. The molecule has 0 heterocycles. The maximum absolute atomic E-state index is 5.75. The van der Waals surface area contributed by atoms with Gasteiger partial charge in [-0.25, -0.2) is 0 Å². The normalized spacial score (nSPS) is 11.2. The maximum Gasteiger partial charge on any atom is 0.184 e. The molecule has 0 unspecified atom stereocenters. The molecule has 4 nitrogen and oxygen atoms in total. The SMILES string of the molecule is CCCCCOc1ccc(-c2ccc(/C(C)=N/NC(N)=S)cc2)cc1. The van der Waals surface area contributed by atoms with Crippen LogP contribution in [0, 0.1) is 0 Å². The number of thiocarbonyl (C=S) groups is 1. The average molecular weight is 356 g/mol. The van der Waals surface area contributed by atoms with Gasteiger partial charge in [-0.2, -0.15) is 5.10 Å². The van der Waals surface area contributed by atoms with Crippen LogP contribution in [0.1, 0.15) is 38.7 Å². The summed E-state index contributed by atoms with van der Waals surface area (Å²) in [6.07, 6.45) is 3.52. The van der Waals surface area contributed by atoms with Crippen LogP contribution in [0.5, 0.6) is 5.75 Å². The lowest BCUT2D eigenvalue weighted by atomic mass is 10.0. The van der Waals surface area contributed by atoms with Crippen molar-refractivity contribution in [1.82, 2.24) is 5.43 Å². The van der Waals surface area contributed by atoms with Gasteiger partial charge < -0.3 is 10.5 Å². The van der Waals surface area contributed by atoms with Gasteiger partial charge in [0.25, 0.3) is 0 Å². The smallest absolute Gasteiger partial charge is 0.184 e. The van der Waals surface area contributed by atoms with Gasteiger partial charge in [-0.05, 0) is 54.4 Å². The number of nitrogens with zero attached hydrogens (tertiary/aromatic N) is 1. The topological polar surface area (TPSA) is 59.6 Å². The van der Waals surface area contributed by atoms with Crippen LogP contribution in [-0.4, -0.2) is 17.4 Å². The second-order valence-corrected chi connectivity index (χ2v) is 6.27. The predicted molar refractivity (Wildman–Crippen MR) is 109 cm³/mol. The Morgan fingerprint density at radius 3 is 2.20 bits per heavy atom. The van der Waals surface area contributed by atoms with Crippen molar-refractivity contribution >= 4 is 23.0 Å². The van der Waals surface area contributed by atoms with E-state index in [0.717, 1.165) is 41.2 Å². The Balaban J connectivity index is 1.99. The maximum atomic E-state index is 5.75. The summed E-state index contributed by atoms with van der Waals surface area (Å²) >= 11 is 4.75. The van der Waals surface area contributed by atoms with Gasteiger partial charge in [0.15, 0.2) is 5.11 Å². The molecule has 0 saturated carbocycles. The van der Waals surface area contributed by atoms with Gasteiger partial charge >= 0.3 is 0 Å². The highest BCUT2D eigenvalue weighted by Gasteiger charge is 2.02. The van der Waals surface area contributed by atoms with Crippen molar-refractivity contribution in [1.29, 1.82) is 0 Å². The number of hydrazone groups is 1. The lowest BCUT2D eigenvalue weighted by molar-refractivity contribution is 0.306. The van der Waals surface area contributed by atoms with E-state index in [1.165, 1.54) is 12.8 Å². The van der Waals surface area contributed by atoms with Crippen LogP contribution in [-0.2, 0) is 0 Å². The van der Waals surface area contributed by atoms with E-state index >= 15 is 0 Å². The highest BCUT2D eigenvalue weighted by atomic mass is 32.1. The van der Waals surface area contributed by atoms with Crippen LogP contribution in [0.15, 0.2) is 53.6 Å². The molecule has 0 aliphatic carbocycles. The number of nitrogens with one attached hydrogen (secondary N) is 1. The van der Waals surface area contributed by atoms with Crippen molar-refractivity contribution in [2.24, 2.45) is 10.8 Å². The molecule has 0 aromatic heterocycles. The van der Waals surface area contributed by atoms with Gasteiger partial charge in [0, 0.05) is 0 Å². The van der Waals surface area contributed by atoms with Gasteiger partial charge in [0.2, 0.25) is 0 Å². The predicted octanol–water partition coefficient (Wildman–Crippen LogP) is 4.48. The Labute approximate surface area is 155 Å². The molecule has 2 aromatic rings. The molecular formula is C20H25N3OS. The number of rotatable bonds is 8. The van der Waals surface area contributed by atoms with Gasteiger partial charge in [0.05, 0.1) is 12.3 Å². The first-order valence-electron chi connectivity index (χ1n) is 8.53. The highest BCUT2D eigenvalue weighted by molar-refractivity contribution is 7.80. The Morgan fingerprint density at radius 1 is 1.04 bits per heavy atom. The van der Waals surface area contributed by atoms with Crippen molar-refractivity contribution < 1.29 is 4.74 Å². The number of hydrogen-bond donors (Lipinski definition) is 2. The molecule has 25 heavy (non-hydrogen) atoms. The van der Waals surface area contributed by atoms with E-state index in [-0.39, 0.29) is 5.11 Å². The Bertz CT molecular complexity index is 709. The molecule has 0 aliphatic rings. The van der Waals surface area contributed by atoms with Crippen LogP contribution >= 0.6 is 12.2 Å². The van der Waals surface area contributed by atoms with Crippen molar-refractivity contribution in [2.45, 2.75) is 33.1 Å². The first-order valence-corrected chi connectivity index (χ1v) is 8.94. The standard InChI is InChI=1S/C20H25N3OS/c1-3-4-5-14-24-19-12-10-18(11-13-19)17-8-6-16(7-9-17)15(2)22-23-20(21)25/h6-13H,3-5,14H2,1-2H3,(H3,21,23,25)/b22-15+. The summed E-state index contributed by atoms with van der Waals surface area (Å²) in [6.45, 7) is 4.88. The molecule has 0 saturated heterocycles. The molecule has 0 spiro atoms. The first-order chi connectivity index (χ1) is 12.1. The fourth-order valence-electron chi connectivity index (χ4n) is 2.39. The second kappa shape index (κ2) is 9.79. The largest absolute Gasteiger partial charge is 0.494 e. The molecule has 3 N–H and O–H groups in total. The highest BCUT2D eigenvalue weighted by Crippen LogP contribution is 2.23. The zero-order chi connectivity index (χ0) is 18.1. The minimum Gasteiger partial charge on any atom is -0.494 e. The molecule has 2 rings (SSSR count). The van der Waals surface area contributed by atoms with Gasteiger partial charge in [-0.15, -0.1) is 0 Å². The quantitative estimate of drug-likeness (QED) is 0.317. The zero-order valence-electron chi connectivity index (χ0n) is 14.8. The van der Waals surface area contributed by atoms with Crippen LogP contribution in [0.3, 0.4) is 0 Å². The van der Waals surface area contributed by atoms with Gasteiger partial charge in [-0.3, -0.25) is 5.43 Å². The fourth-order valence-corrected chi connectivity index (χ4v) is 2.44. The van der Waals surface area contributed by atoms with Crippen molar-refractivity contribution in [3.63, 3.8) is 0 Å². The van der Waals surface area contributed by atoms with E-state index in [1.54, 1.807) is 0 Å². The monoisotopic (exact) mass is 355 g/mol. The summed E-state index contributed by atoms with van der Waals surface area (Å²) in [5.74, 6) is 0.920. The van der Waals surface area contributed by atoms with E-state index in [4.69, 9.17) is 22.7 Å². The first kappa shape index (κ1) is 18.9. The summed E-state index contributed by atoms with van der Waals surface area (Å²) in [7, 11) is 0. The molecular weight excluding hydrogens is 330 g/mol. The van der Waals surface area contributed by atoms with Crippen LogP contribution < -0.4 is 15.9 Å². The third-order valence-corrected chi connectivity index (χ3v) is 3.93. The minimum atomic E-state index is 0.160. The average Bonchev–Trinajstić information content (AvgIpc) is 2.64. The van der Waals surface area contributed by atoms with Crippen LogP contribution in [0.4, 0.5) is 0 Å². The molecule has 5 heteroatoms. The third kappa shape index (κ3) is 6.19. The molecule has 0 bridgehead atoms. The Kier molecular flexibility index (Phi) is 7.41. The second-order valence-electron chi connectivity index (χ2n) is 5.83. The number of unbranched alkanes of at least 4 members (excludes halogenated alkanes) is 2. The number of ether oxygens (including phenoxy) is 1. The lowest BCUT2D eigenvalue weighted by Gasteiger charge is -2.08. The molecule has 0 fully saturated rings. The van der Waals surface area contributed by atoms with Crippen LogP contribution in [0.2, 0.25) is 0 Å². The van der Waals surface area contributed by atoms with E-state index in [2.05, 4.69) is 41.7 Å². The Hall–Kier alpha value is -2.40. The summed E-state index contributed by atoms with van der Waals surface area (Å²) in [5.41, 5.74) is 12.1. The van der Waals surface area contributed by atoms with E-state index in [1.807, 2.05) is 31.2 Å². The number of benzene rings is 2. The zero-order valence-corrected chi connectivity index (χ0v) is 15.6. The fraction of sp³-hybridized carbons (Fsp3) is 0.300. The van der Waals surface area contributed by atoms with E-state index < -0.39 is 0 Å². The summed E-state index contributed by atoms with van der Waals surface area (Å²) in [5, 5.41) is 4.29. The molecule has 0 aliphatic heterocycles. The van der Waals surface area contributed by atoms with E-state index in [0.29, 0.717) is 0 Å². The third-order valence-electron chi connectivity index (χ3n) is 3.84. The summed E-state index contributed by atoms with van der Waals surface area (Å²) in [6, 6.07) is 16.4. The minimum absolute atomic E-state index is 0.160. The molecule has 2 aromatic carbocycles. The molecule has 132 valence electrons. The summed E-state index contributed by atoms with van der Waals surface area (Å²) < 4.78 is 5.75. The molecule has 0 radical (unpaired) electrons. The van der Waals surface area contributed by atoms with Crippen LogP contribution in [0.25, 0.3) is 11.1 Å². The Morgan fingerprint density at radius 2 is 1.64 bits per heavy atom. The van der Waals surface area contributed by atoms with Crippen molar-refractivity contribution in [3.8, 4) is 16.9 Å². The van der Waals surface area contributed by atoms with E-state index in [9.17, 15) is 0 Å². The lowest BCUT2D eigenvalue weighted by Crippen LogP contribution is -2.25. The van der Waals surface area contributed by atoms with Gasteiger partial charge in [-0.1, -0.05) is 56.2 Å². The number of nitrogens with two attached hydrogens (primary N) is 1. The summed E-state index contributed by atoms with van der Waals surface area (Å²) in [4.78, 5) is 0. The molecule has 0 atom stereocenters. The van der Waals surface area contributed by atoms with Crippen molar-refractivity contribution in [3.05, 3.63) is 54.1 Å². The molecule has 0 amide bonds. The van der Waals surface area contributed by atoms with Gasteiger partial charge in [0.1, 0.15) is 5.75 Å².